The Kier molecular flexibility index (Phi) is 3.15. The minimum absolute atomic E-state index is 0.557. The predicted molar refractivity (Wildman–Crippen MR) is 75.8 cm³/mol. The summed E-state index contributed by atoms with van der Waals surface area (Å²) in [6.45, 7) is 4.80. The van der Waals surface area contributed by atoms with E-state index in [0.717, 1.165) is 42.0 Å². The summed E-state index contributed by atoms with van der Waals surface area (Å²) >= 11 is 6.23. The van der Waals surface area contributed by atoms with E-state index in [2.05, 4.69) is 23.0 Å². The third kappa shape index (κ3) is 2.19. The SMILES string of the molecule is CCc1c(C)nc(-c2ccc3c(c2)CCO3)nc1Cl. The van der Waals surface area contributed by atoms with E-state index in [9.17, 15) is 0 Å². The number of rotatable bonds is 2. The number of hydrogen-bond donors (Lipinski definition) is 0. The van der Waals surface area contributed by atoms with Crippen molar-refractivity contribution >= 4 is 11.6 Å². The molecule has 19 heavy (non-hydrogen) atoms. The molecular formula is C15H15ClN2O. The maximum atomic E-state index is 6.23. The molecule has 0 bridgehead atoms. The van der Waals surface area contributed by atoms with Gasteiger partial charge in [-0.3, -0.25) is 0 Å². The quantitative estimate of drug-likeness (QED) is 0.785. The standard InChI is InChI=1S/C15H15ClN2O/c1-3-12-9(2)17-15(18-14(12)16)11-4-5-13-10(8-11)6-7-19-13/h4-5,8H,3,6-7H2,1-2H3. The van der Waals surface area contributed by atoms with Gasteiger partial charge in [-0.05, 0) is 37.1 Å². The number of aromatic nitrogens is 2. The molecule has 1 aromatic carbocycles. The van der Waals surface area contributed by atoms with Crippen LogP contribution in [0.1, 0.15) is 23.7 Å². The van der Waals surface area contributed by atoms with E-state index < -0.39 is 0 Å². The van der Waals surface area contributed by atoms with Crippen molar-refractivity contribution in [3.8, 4) is 17.1 Å². The van der Waals surface area contributed by atoms with Crippen molar-refractivity contribution in [2.75, 3.05) is 6.61 Å². The Hall–Kier alpha value is -1.61. The van der Waals surface area contributed by atoms with E-state index in [1.54, 1.807) is 0 Å². The zero-order valence-electron chi connectivity index (χ0n) is 11.0. The molecule has 4 heteroatoms. The van der Waals surface area contributed by atoms with E-state index >= 15 is 0 Å². The highest BCUT2D eigenvalue weighted by Crippen LogP contribution is 2.30. The highest BCUT2D eigenvalue weighted by Gasteiger charge is 2.15. The van der Waals surface area contributed by atoms with Gasteiger partial charge in [-0.25, -0.2) is 9.97 Å². The Morgan fingerprint density at radius 2 is 2.16 bits per heavy atom. The first-order chi connectivity index (χ1) is 9.19. The van der Waals surface area contributed by atoms with Crippen LogP contribution in [-0.4, -0.2) is 16.6 Å². The predicted octanol–water partition coefficient (Wildman–Crippen LogP) is 3.60. The number of nitrogens with zero attached hydrogens (tertiary/aromatic N) is 2. The molecule has 0 saturated heterocycles. The summed E-state index contributed by atoms with van der Waals surface area (Å²) < 4.78 is 5.51. The summed E-state index contributed by atoms with van der Waals surface area (Å²) in [5.74, 6) is 1.66. The second-order valence-corrected chi connectivity index (χ2v) is 5.03. The molecule has 0 aliphatic carbocycles. The molecule has 0 unspecified atom stereocenters. The van der Waals surface area contributed by atoms with Crippen molar-refractivity contribution < 1.29 is 4.74 Å². The summed E-state index contributed by atoms with van der Waals surface area (Å²) in [7, 11) is 0. The first kappa shape index (κ1) is 12.4. The Morgan fingerprint density at radius 1 is 1.32 bits per heavy atom. The molecule has 1 aliphatic heterocycles. The zero-order valence-corrected chi connectivity index (χ0v) is 11.8. The van der Waals surface area contributed by atoms with Crippen molar-refractivity contribution in [2.24, 2.45) is 0 Å². The van der Waals surface area contributed by atoms with Gasteiger partial charge >= 0.3 is 0 Å². The van der Waals surface area contributed by atoms with Crippen molar-refractivity contribution in [3.05, 3.63) is 40.2 Å². The highest BCUT2D eigenvalue weighted by atomic mass is 35.5. The fourth-order valence-electron chi connectivity index (χ4n) is 2.42. The van der Waals surface area contributed by atoms with Crippen molar-refractivity contribution in [1.29, 1.82) is 0 Å². The summed E-state index contributed by atoms with van der Waals surface area (Å²) in [6.07, 6.45) is 1.80. The Bertz CT molecular complexity index is 617. The lowest BCUT2D eigenvalue weighted by molar-refractivity contribution is 0.357. The second kappa shape index (κ2) is 4.82. The summed E-state index contributed by atoms with van der Waals surface area (Å²) in [6, 6.07) is 6.07. The second-order valence-electron chi connectivity index (χ2n) is 4.68. The van der Waals surface area contributed by atoms with E-state index in [0.29, 0.717) is 11.0 Å². The van der Waals surface area contributed by atoms with E-state index in [1.165, 1.54) is 5.56 Å². The van der Waals surface area contributed by atoms with Crippen LogP contribution in [-0.2, 0) is 12.8 Å². The molecule has 0 radical (unpaired) electrons. The maximum Gasteiger partial charge on any atom is 0.161 e. The summed E-state index contributed by atoms with van der Waals surface area (Å²) in [4.78, 5) is 8.98. The lowest BCUT2D eigenvalue weighted by Crippen LogP contribution is -1.99. The largest absolute Gasteiger partial charge is 0.493 e. The van der Waals surface area contributed by atoms with E-state index in [1.807, 2.05) is 19.1 Å². The van der Waals surface area contributed by atoms with Gasteiger partial charge in [0, 0.05) is 23.2 Å². The van der Waals surface area contributed by atoms with Gasteiger partial charge in [0.25, 0.3) is 0 Å². The summed E-state index contributed by atoms with van der Waals surface area (Å²) in [5, 5.41) is 0.557. The molecular weight excluding hydrogens is 260 g/mol. The van der Waals surface area contributed by atoms with Crippen molar-refractivity contribution in [1.82, 2.24) is 9.97 Å². The Labute approximate surface area is 117 Å². The molecule has 1 aliphatic rings. The fraction of sp³-hybridized carbons (Fsp3) is 0.333. The van der Waals surface area contributed by atoms with Crippen LogP contribution in [0.25, 0.3) is 11.4 Å². The number of halogens is 1. The van der Waals surface area contributed by atoms with Gasteiger partial charge in [0.15, 0.2) is 5.82 Å². The normalized spacial score (nSPS) is 13.2. The van der Waals surface area contributed by atoms with Gasteiger partial charge in [-0.2, -0.15) is 0 Å². The van der Waals surface area contributed by atoms with Crippen LogP contribution in [0.3, 0.4) is 0 Å². The molecule has 1 aromatic heterocycles. The molecule has 0 fully saturated rings. The minimum atomic E-state index is 0.557. The topological polar surface area (TPSA) is 35.0 Å². The van der Waals surface area contributed by atoms with Crippen LogP contribution in [0.4, 0.5) is 0 Å². The van der Waals surface area contributed by atoms with E-state index in [-0.39, 0.29) is 0 Å². The average Bonchev–Trinajstić information content (AvgIpc) is 2.85. The molecule has 0 spiro atoms. The van der Waals surface area contributed by atoms with Gasteiger partial charge < -0.3 is 4.74 Å². The lowest BCUT2D eigenvalue weighted by Gasteiger charge is -2.08. The first-order valence-electron chi connectivity index (χ1n) is 6.48. The lowest BCUT2D eigenvalue weighted by atomic mass is 10.1. The molecule has 3 rings (SSSR count). The van der Waals surface area contributed by atoms with Gasteiger partial charge in [0.1, 0.15) is 10.9 Å². The number of benzene rings is 1. The molecule has 0 atom stereocenters. The van der Waals surface area contributed by atoms with Gasteiger partial charge in [-0.15, -0.1) is 0 Å². The average molecular weight is 275 g/mol. The van der Waals surface area contributed by atoms with Crippen LogP contribution in [0.5, 0.6) is 5.75 Å². The number of aryl methyl sites for hydroxylation is 1. The van der Waals surface area contributed by atoms with Crippen molar-refractivity contribution in [2.45, 2.75) is 26.7 Å². The monoisotopic (exact) mass is 274 g/mol. The zero-order chi connectivity index (χ0) is 13.4. The van der Waals surface area contributed by atoms with Crippen LogP contribution in [0, 0.1) is 6.92 Å². The van der Waals surface area contributed by atoms with Gasteiger partial charge in [0.2, 0.25) is 0 Å². The number of hydrogen-bond acceptors (Lipinski definition) is 3. The molecule has 2 heterocycles. The minimum Gasteiger partial charge on any atom is -0.493 e. The van der Waals surface area contributed by atoms with Crippen LogP contribution >= 0.6 is 11.6 Å². The fourth-order valence-corrected chi connectivity index (χ4v) is 2.77. The van der Waals surface area contributed by atoms with Gasteiger partial charge in [-0.1, -0.05) is 18.5 Å². The Morgan fingerprint density at radius 3 is 2.89 bits per heavy atom. The number of ether oxygens (including phenoxy) is 1. The van der Waals surface area contributed by atoms with Gasteiger partial charge in [0.05, 0.1) is 6.61 Å². The highest BCUT2D eigenvalue weighted by molar-refractivity contribution is 6.30. The van der Waals surface area contributed by atoms with Crippen LogP contribution in [0.2, 0.25) is 5.15 Å². The van der Waals surface area contributed by atoms with E-state index in [4.69, 9.17) is 16.3 Å². The number of fused-ring (bicyclic) bond motifs is 1. The molecule has 2 aromatic rings. The Balaban J connectivity index is 2.07. The van der Waals surface area contributed by atoms with Crippen molar-refractivity contribution in [3.63, 3.8) is 0 Å². The smallest absolute Gasteiger partial charge is 0.161 e. The first-order valence-corrected chi connectivity index (χ1v) is 6.86. The van der Waals surface area contributed by atoms with Crippen LogP contribution in [0.15, 0.2) is 18.2 Å². The molecule has 0 saturated carbocycles. The maximum absolute atomic E-state index is 6.23. The van der Waals surface area contributed by atoms with Crippen LogP contribution < -0.4 is 4.74 Å². The molecule has 0 N–H and O–H groups in total. The molecule has 98 valence electrons. The molecule has 0 amide bonds. The third-order valence-corrected chi connectivity index (χ3v) is 3.78. The summed E-state index contributed by atoms with van der Waals surface area (Å²) in [5.41, 5.74) is 4.19. The third-order valence-electron chi connectivity index (χ3n) is 3.46. The molecule has 3 nitrogen and oxygen atoms in total.